The smallest absolute Gasteiger partial charge is 0.239 e. The monoisotopic (exact) mass is 270 g/mol. The van der Waals surface area contributed by atoms with E-state index in [1.165, 1.54) is 0 Å². The molecule has 1 aromatic rings. The van der Waals surface area contributed by atoms with Crippen LogP contribution < -0.4 is 10.2 Å². The SMILES string of the molecule is CCN(CC(=O)NC)c1ccc(C(C)O)c(Cl)c1. The number of nitrogens with one attached hydrogen (secondary N) is 1. The highest BCUT2D eigenvalue weighted by Crippen LogP contribution is 2.27. The molecule has 0 heterocycles. The van der Waals surface area contributed by atoms with Crippen LogP contribution in [0.15, 0.2) is 18.2 Å². The van der Waals surface area contributed by atoms with Crippen molar-refractivity contribution in [3.8, 4) is 0 Å². The average Bonchev–Trinajstić information content (AvgIpc) is 2.34. The molecular formula is C13H19ClN2O2. The number of hydrogen-bond acceptors (Lipinski definition) is 3. The number of amides is 1. The van der Waals surface area contributed by atoms with Crippen LogP contribution in [-0.2, 0) is 4.79 Å². The number of aliphatic hydroxyl groups is 1. The Bertz CT molecular complexity index is 421. The van der Waals surface area contributed by atoms with Gasteiger partial charge in [-0.25, -0.2) is 0 Å². The Morgan fingerprint density at radius 3 is 2.67 bits per heavy atom. The maximum atomic E-state index is 11.4. The van der Waals surface area contributed by atoms with Crippen LogP contribution in [0.1, 0.15) is 25.5 Å². The van der Waals surface area contributed by atoms with E-state index in [0.29, 0.717) is 17.1 Å². The lowest BCUT2D eigenvalue weighted by Crippen LogP contribution is -2.35. The average molecular weight is 271 g/mol. The summed E-state index contributed by atoms with van der Waals surface area (Å²) in [5.41, 5.74) is 1.56. The molecule has 2 N–H and O–H groups in total. The fraction of sp³-hybridized carbons (Fsp3) is 0.462. The number of rotatable bonds is 5. The van der Waals surface area contributed by atoms with Crippen LogP contribution >= 0.6 is 11.6 Å². The van der Waals surface area contributed by atoms with Crippen molar-refractivity contribution in [3.05, 3.63) is 28.8 Å². The van der Waals surface area contributed by atoms with Gasteiger partial charge in [0.15, 0.2) is 0 Å². The molecule has 0 saturated heterocycles. The summed E-state index contributed by atoms with van der Waals surface area (Å²) in [5.74, 6) is -0.0485. The lowest BCUT2D eigenvalue weighted by molar-refractivity contribution is -0.119. The molecule has 1 aromatic carbocycles. The zero-order valence-corrected chi connectivity index (χ0v) is 11.7. The van der Waals surface area contributed by atoms with E-state index in [0.717, 1.165) is 5.69 Å². The topological polar surface area (TPSA) is 52.6 Å². The van der Waals surface area contributed by atoms with Gasteiger partial charge in [0.1, 0.15) is 0 Å². The van der Waals surface area contributed by atoms with Crippen LogP contribution in [0.3, 0.4) is 0 Å². The molecule has 100 valence electrons. The maximum Gasteiger partial charge on any atom is 0.239 e. The van der Waals surface area contributed by atoms with E-state index in [9.17, 15) is 9.90 Å². The highest BCUT2D eigenvalue weighted by atomic mass is 35.5. The number of nitrogens with zero attached hydrogens (tertiary/aromatic N) is 1. The lowest BCUT2D eigenvalue weighted by Gasteiger charge is -2.23. The van der Waals surface area contributed by atoms with E-state index in [1.807, 2.05) is 17.9 Å². The summed E-state index contributed by atoms with van der Waals surface area (Å²) in [7, 11) is 1.61. The van der Waals surface area contributed by atoms with Crippen molar-refractivity contribution >= 4 is 23.2 Å². The molecule has 1 rings (SSSR count). The van der Waals surface area contributed by atoms with E-state index < -0.39 is 6.10 Å². The summed E-state index contributed by atoms with van der Waals surface area (Å²) >= 11 is 6.11. The van der Waals surface area contributed by atoms with Gasteiger partial charge in [-0.05, 0) is 31.5 Å². The molecule has 1 atom stereocenters. The van der Waals surface area contributed by atoms with Crippen LogP contribution in [0, 0.1) is 0 Å². The molecule has 0 saturated carbocycles. The van der Waals surface area contributed by atoms with Gasteiger partial charge in [0.05, 0.1) is 12.6 Å². The van der Waals surface area contributed by atoms with Crippen molar-refractivity contribution in [3.63, 3.8) is 0 Å². The number of anilines is 1. The molecule has 4 nitrogen and oxygen atoms in total. The van der Waals surface area contributed by atoms with Gasteiger partial charge in [0.2, 0.25) is 5.91 Å². The van der Waals surface area contributed by atoms with Gasteiger partial charge in [-0.3, -0.25) is 4.79 Å². The normalized spacial score (nSPS) is 12.1. The van der Waals surface area contributed by atoms with E-state index in [4.69, 9.17) is 11.6 Å². The first-order valence-corrected chi connectivity index (χ1v) is 6.30. The molecule has 1 unspecified atom stereocenters. The van der Waals surface area contributed by atoms with Crippen LogP contribution in [0.5, 0.6) is 0 Å². The predicted molar refractivity (Wildman–Crippen MR) is 74.0 cm³/mol. The number of benzene rings is 1. The van der Waals surface area contributed by atoms with E-state index in [-0.39, 0.29) is 12.5 Å². The Labute approximate surface area is 113 Å². The number of halogens is 1. The molecule has 0 aromatic heterocycles. The van der Waals surface area contributed by atoms with Crippen molar-refractivity contribution in [1.82, 2.24) is 5.32 Å². The first-order chi connectivity index (χ1) is 8.49. The van der Waals surface area contributed by atoms with Crippen LogP contribution in [-0.4, -0.2) is 31.2 Å². The molecule has 0 fully saturated rings. The van der Waals surface area contributed by atoms with Crippen LogP contribution in [0.25, 0.3) is 0 Å². The minimum Gasteiger partial charge on any atom is -0.389 e. The van der Waals surface area contributed by atoms with Crippen molar-refractivity contribution in [2.45, 2.75) is 20.0 Å². The van der Waals surface area contributed by atoms with E-state index in [2.05, 4.69) is 5.32 Å². The summed E-state index contributed by atoms with van der Waals surface area (Å²) in [6.45, 7) is 4.64. The molecule has 5 heteroatoms. The Hall–Kier alpha value is -1.26. The minimum absolute atomic E-state index is 0.0485. The summed E-state index contributed by atoms with van der Waals surface area (Å²) in [6, 6.07) is 5.42. The quantitative estimate of drug-likeness (QED) is 0.860. The van der Waals surface area contributed by atoms with Gasteiger partial charge >= 0.3 is 0 Å². The highest BCUT2D eigenvalue weighted by molar-refractivity contribution is 6.31. The molecule has 0 radical (unpaired) electrons. The summed E-state index contributed by atoms with van der Waals surface area (Å²) in [6.07, 6.45) is -0.597. The van der Waals surface area contributed by atoms with E-state index >= 15 is 0 Å². The van der Waals surface area contributed by atoms with Gasteiger partial charge in [0.25, 0.3) is 0 Å². The number of carbonyl (C=O) groups is 1. The molecule has 0 aliphatic rings. The standard InChI is InChI=1S/C13H19ClN2O2/c1-4-16(8-13(18)15-3)10-5-6-11(9(2)17)12(14)7-10/h5-7,9,17H,4,8H2,1-3H3,(H,15,18). The third kappa shape index (κ3) is 3.62. The number of aliphatic hydroxyl groups excluding tert-OH is 1. The first kappa shape index (κ1) is 14.8. The zero-order chi connectivity index (χ0) is 13.7. The second-order valence-electron chi connectivity index (χ2n) is 4.07. The molecule has 0 aliphatic carbocycles. The fourth-order valence-corrected chi connectivity index (χ4v) is 2.02. The molecule has 0 aliphatic heterocycles. The zero-order valence-electron chi connectivity index (χ0n) is 10.9. The Balaban J connectivity index is 2.94. The van der Waals surface area contributed by atoms with Gasteiger partial charge in [0, 0.05) is 24.3 Å². The van der Waals surface area contributed by atoms with Crippen molar-refractivity contribution in [2.75, 3.05) is 25.0 Å². The first-order valence-electron chi connectivity index (χ1n) is 5.92. The van der Waals surface area contributed by atoms with Crippen LogP contribution in [0.2, 0.25) is 5.02 Å². The van der Waals surface area contributed by atoms with Crippen molar-refractivity contribution in [2.24, 2.45) is 0 Å². The number of carbonyl (C=O) groups excluding carboxylic acids is 1. The number of likely N-dealkylation sites (N-methyl/N-ethyl adjacent to an activating group) is 2. The second-order valence-corrected chi connectivity index (χ2v) is 4.48. The summed E-state index contributed by atoms with van der Waals surface area (Å²) < 4.78 is 0. The molecule has 1 amide bonds. The molecular weight excluding hydrogens is 252 g/mol. The van der Waals surface area contributed by atoms with Gasteiger partial charge in [-0.15, -0.1) is 0 Å². The number of hydrogen-bond donors (Lipinski definition) is 2. The van der Waals surface area contributed by atoms with Crippen molar-refractivity contribution < 1.29 is 9.90 Å². The highest BCUT2D eigenvalue weighted by Gasteiger charge is 2.12. The van der Waals surface area contributed by atoms with E-state index in [1.54, 1.807) is 26.1 Å². The lowest BCUT2D eigenvalue weighted by atomic mass is 10.1. The fourth-order valence-electron chi connectivity index (χ4n) is 1.69. The van der Waals surface area contributed by atoms with Gasteiger partial charge < -0.3 is 15.3 Å². The van der Waals surface area contributed by atoms with Crippen LogP contribution in [0.4, 0.5) is 5.69 Å². The maximum absolute atomic E-state index is 11.4. The molecule has 0 bridgehead atoms. The second kappa shape index (κ2) is 6.61. The van der Waals surface area contributed by atoms with Crippen molar-refractivity contribution in [1.29, 1.82) is 0 Å². The van der Waals surface area contributed by atoms with Gasteiger partial charge in [-0.2, -0.15) is 0 Å². The summed E-state index contributed by atoms with van der Waals surface area (Å²) in [4.78, 5) is 13.3. The Kier molecular flexibility index (Phi) is 5.44. The molecule has 0 spiro atoms. The largest absolute Gasteiger partial charge is 0.389 e. The minimum atomic E-state index is -0.597. The Morgan fingerprint density at radius 1 is 1.56 bits per heavy atom. The predicted octanol–water partition coefficient (Wildman–Crippen LogP) is 1.97. The third-order valence-electron chi connectivity index (χ3n) is 2.79. The molecule has 18 heavy (non-hydrogen) atoms. The van der Waals surface area contributed by atoms with Gasteiger partial charge in [-0.1, -0.05) is 17.7 Å². The summed E-state index contributed by atoms with van der Waals surface area (Å²) in [5, 5.41) is 12.6. The third-order valence-corrected chi connectivity index (χ3v) is 3.12. The Morgan fingerprint density at radius 2 is 2.22 bits per heavy atom.